The average molecular weight is 471 g/mol. The molecule has 3 aromatic rings. The fourth-order valence-corrected chi connectivity index (χ4v) is 4.76. The molecule has 2 amide bonds. The van der Waals surface area contributed by atoms with Crippen molar-refractivity contribution in [3.63, 3.8) is 0 Å². The first-order chi connectivity index (χ1) is 16.4. The van der Waals surface area contributed by atoms with Crippen molar-refractivity contribution >= 4 is 35.0 Å². The van der Waals surface area contributed by atoms with Gasteiger partial charge in [-0.25, -0.2) is 4.90 Å². The molecule has 0 fully saturated rings. The van der Waals surface area contributed by atoms with Gasteiger partial charge in [-0.3, -0.25) is 9.59 Å². The molecule has 0 bridgehead atoms. The van der Waals surface area contributed by atoms with Crippen LogP contribution in [0.1, 0.15) is 42.0 Å². The zero-order chi connectivity index (χ0) is 24.2. The second-order valence-corrected chi connectivity index (χ2v) is 9.84. The first-order valence-corrected chi connectivity index (χ1v) is 12.5. The molecule has 5 heteroatoms. The zero-order valence-electron chi connectivity index (χ0n) is 20.1. The van der Waals surface area contributed by atoms with Crippen molar-refractivity contribution in [3.05, 3.63) is 99.6 Å². The lowest BCUT2D eigenvalue weighted by Gasteiger charge is -2.16. The molecule has 34 heavy (non-hydrogen) atoms. The van der Waals surface area contributed by atoms with Gasteiger partial charge in [0.2, 0.25) is 0 Å². The molecular weight excluding hydrogens is 440 g/mol. The second kappa shape index (κ2) is 10.3. The van der Waals surface area contributed by atoms with Gasteiger partial charge in [-0.2, -0.15) is 0 Å². The third-order valence-corrected chi connectivity index (χ3v) is 7.16. The number of thioether (sulfide) groups is 1. The molecule has 4 rings (SSSR count). The van der Waals surface area contributed by atoms with Crippen molar-refractivity contribution in [2.75, 3.05) is 10.2 Å². The molecule has 0 unspecified atom stereocenters. The summed E-state index contributed by atoms with van der Waals surface area (Å²) in [7, 11) is 0. The van der Waals surface area contributed by atoms with Crippen LogP contribution in [0.15, 0.2) is 82.2 Å². The highest BCUT2D eigenvalue weighted by Gasteiger charge is 2.40. The SMILES string of the molecule is CCCCc1ccc(N2C(=O)C(Nc3ccc(C)c(C)c3)=C(Sc3ccc(C)cc3)C2=O)cc1. The topological polar surface area (TPSA) is 49.4 Å². The van der Waals surface area contributed by atoms with Crippen LogP contribution in [0.2, 0.25) is 0 Å². The van der Waals surface area contributed by atoms with Gasteiger partial charge >= 0.3 is 0 Å². The summed E-state index contributed by atoms with van der Waals surface area (Å²) in [5.74, 6) is -0.637. The van der Waals surface area contributed by atoms with Crippen LogP contribution in [0.25, 0.3) is 0 Å². The van der Waals surface area contributed by atoms with Gasteiger partial charge in [0.05, 0.1) is 5.69 Å². The molecule has 4 nitrogen and oxygen atoms in total. The molecule has 3 aromatic carbocycles. The van der Waals surface area contributed by atoms with Crippen LogP contribution in [0.3, 0.4) is 0 Å². The molecule has 0 saturated heterocycles. The summed E-state index contributed by atoms with van der Waals surface area (Å²) in [5.41, 5.74) is 6.34. The number of amides is 2. The van der Waals surface area contributed by atoms with E-state index in [0.717, 1.165) is 41.0 Å². The number of nitrogens with zero attached hydrogens (tertiary/aromatic N) is 1. The highest BCUT2D eigenvalue weighted by Crippen LogP contribution is 2.38. The van der Waals surface area contributed by atoms with E-state index in [4.69, 9.17) is 0 Å². The fourth-order valence-electron chi connectivity index (χ4n) is 3.83. The molecule has 1 aliphatic rings. The monoisotopic (exact) mass is 470 g/mol. The Morgan fingerprint density at radius 3 is 2.18 bits per heavy atom. The van der Waals surface area contributed by atoms with Gasteiger partial charge in [0.15, 0.2) is 0 Å². The number of hydrogen-bond donors (Lipinski definition) is 1. The van der Waals surface area contributed by atoms with E-state index in [1.165, 1.54) is 27.8 Å². The fraction of sp³-hybridized carbons (Fsp3) is 0.241. The summed E-state index contributed by atoms with van der Waals surface area (Å²) in [6, 6.07) is 21.7. The lowest BCUT2D eigenvalue weighted by molar-refractivity contribution is -0.120. The van der Waals surface area contributed by atoms with Crippen LogP contribution < -0.4 is 10.2 Å². The lowest BCUT2D eigenvalue weighted by Crippen LogP contribution is -2.32. The number of nitrogens with one attached hydrogen (secondary N) is 1. The number of imide groups is 1. The van der Waals surface area contributed by atoms with Crippen molar-refractivity contribution in [1.82, 2.24) is 0 Å². The van der Waals surface area contributed by atoms with E-state index in [1.54, 1.807) is 0 Å². The van der Waals surface area contributed by atoms with Crippen LogP contribution in [0.4, 0.5) is 11.4 Å². The van der Waals surface area contributed by atoms with Gasteiger partial charge in [0.25, 0.3) is 11.8 Å². The smallest absolute Gasteiger partial charge is 0.283 e. The molecule has 1 N–H and O–H groups in total. The molecule has 0 saturated carbocycles. The molecule has 1 heterocycles. The largest absolute Gasteiger partial charge is 0.350 e. The van der Waals surface area contributed by atoms with E-state index in [1.807, 2.05) is 87.5 Å². The number of anilines is 2. The second-order valence-electron chi connectivity index (χ2n) is 8.76. The molecule has 0 aromatic heterocycles. The van der Waals surface area contributed by atoms with Crippen molar-refractivity contribution in [3.8, 4) is 0 Å². The molecule has 0 atom stereocenters. The minimum absolute atomic E-state index is 0.303. The van der Waals surface area contributed by atoms with Gasteiger partial charge in [-0.1, -0.05) is 61.0 Å². The van der Waals surface area contributed by atoms with Crippen LogP contribution in [0, 0.1) is 20.8 Å². The number of benzene rings is 3. The van der Waals surface area contributed by atoms with Crippen molar-refractivity contribution in [2.45, 2.75) is 51.9 Å². The van der Waals surface area contributed by atoms with E-state index in [2.05, 4.69) is 12.2 Å². The Morgan fingerprint density at radius 1 is 0.824 bits per heavy atom. The van der Waals surface area contributed by atoms with Crippen molar-refractivity contribution in [2.24, 2.45) is 0 Å². The number of unbranched alkanes of at least 4 members (excludes halogenated alkanes) is 1. The number of carbonyl (C=O) groups is 2. The van der Waals surface area contributed by atoms with E-state index in [0.29, 0.717) is 16.3 Å². The Hall–Kier alpha value is -3.31. The van der Waals surface area contributed by atoms with Crippen molar-refractivity contribution in [1.29, 1.82) is 0 Å². The quantitative estimate of drug-likeness (QED) is 0.362. The van der Waals surface area contributed by atoms with Gasteiger partial charge in [-0.05, 0) is 86.7 Å². The summed E-state index contributed by atoms with van der Waals surface area (Å²) >= 11 is 1.32. The average Bonchev–Trinajstić information content (AvgIpc) is 3.05. The predicted molar refractivity (Wildman–Crippen MR) is 141 cm³/mol. The minimum Gasteiger partial charge on any atom is -0.350 e. The number of aryl methyl sites for hydroxylation is 4. The number of rotatable bonds is 8. The van der Waals surface area contributed by atoms with Crippen LogP contribution >= 0.6 is 11.8 Å². The number of hydrogen-bond acceptors (Lipinski definition) is 4. The standard InChI is InChI=1S/C29H30N2O2S/c1-5-6-7-22-11-14-24(15-12-22)31-28(32)26(30-23-13-10-20(3)21(4)18-23)27(29(31)33)34-25-16-8-19(2)9-17-25/h8-18,30H,5-7H2,1-4H3. The number of carbonyl (C=O) groups excluding carboxylic acids is 2. The normalized spacial score (nSPS) is 13.7. The predicted octanol–water partition coefficient (Wildman–Crippen LogP) is 6.94. The Morgan fingerprint density at radius 2 is 1.53 bits per heavy atom. The highest BCUT2D eigenvalue weighted by atomic mass is 32.2. The zero-order valence-corrected chi connectivity index (χ0v) is 21.0. The molecule has 0 spiro atoms. The van der Waals surface area contributed by atoms with Gasteiger partial charge in [-0.15, -0.1) is 0 Å². The molecule has 1 aliphatic heterocycles. The first kappa shape index (κ1) is 23.8. The summed E-state index contributed by atoms with van der Waals surface area (Å²) in [6.07, 6.45) is 3.23. The third-order valence-electron chi connectivity index (χ3n) is 6.07. The molecule has 0 aliphatic carbocycles. The molecule has 174 valence electrons. The maximum atomic E-state index is 13.6. The maximum Gasteiger partial charge on any atom is 0.283 e. The Labute approximate surface area is 206 Å². The van der Waals surface area contributed by atoms with E-state index in [-0.39, 0.29) is 11.8 Å². The Bertz CT molecular complexity index is 1240. The highest BCUT2D eigenvalue weighted by molar-refractivity contribution is 8.04. The van der Waals surface area contributed by atoms with E-state index >= 15 is 0 Å². The molecule has 0 radical (unpaired) electrons. The van der Waals surface area contributed by atoms with Gasteiger partial charge < -0.3 is 5.32 Å². The van der Waals surface area contributed by atoms with Crippen LogP contribution in [-0.2, 0) is 16.0 Å². The lowest BCUT2D eigenvalue weighted by atomic mass is 10.1. The van der Waals surface area contributed by atoms with Gasteiger partial charge in [0, 0.05) is 10.6 Å². The minimum atomic E-state index is -0.334. The third kappa shape index (κ3) is 5.10. The summed E-state index contributed by atoms with van der Waals surface area (Å²) in [6.45, 7) is 8.27. The van der Waals surface area contributed by atoms with E-state index < -0.39 is 0 Å². The van der Waals surface area contributed by atoms with E-state index in [9.17, 15) is 9.59 Å². The van der Waals surface area contributed by atoms with Gasteiger partial charge in [0.1, 0.15) is 10.6 Å². The molecular formula is C29H30N2O2S. The first-order valence-electron chi connectivity index (χ1n) is 11.7. The Kier molecular flexibility index (Phi) is 7.23. The summed E-state index contributed by atoms with van der Waals surface area (Å²) in [4.78, 5) is 29.7. The summed E-state index contributed by atoms with van der Waals surface area (Å²) < 4.78 is 0. The maximum absolute atomic E-state index is 13.6. The summed E-state index contributed by atoms with van der Waals surface area (Å²) in [5, 5.41) is 3.26. The Balaban J connectivity index is 1.68. The van der Waals surface area contributed by atoms with Crippen LogP contribution in [0.5, 0.6) is 0 Å². The van der Waals surface area contributed by atoms with Crippen molar-refractivity contribution < 1.29 is 9.59 Å². The van der Waals surface area contributed by atoms with Crippen LogP contribution in [-0.4, -0.2) is 11.8 Å².